The molecular formula is C20H21F3N2O7S. The molecule has 0 radical (unpaired) electrons. The van der Waals surface area contributed by atoms with Gasteiger partial charge >= 0.3 is 15.5 Å². The molecule has 0 fully saturated rings. The molecule has 0 bridgehead atoms. The molecule has 0 aromatic heterocycles. The van der Waals surface area contributed by atoms with Crippen LogP contribution in [0.3, 0.4) is 0 Å². The molecule has 180 valence electrons. The summed E-state index contributed by atoms with van der Waals surface area (Å²) >= 11 is 0. The maximum Gasteiger partial charge on any atom is 0.516 e. The molecule has 0 saturated heterocycles. The lowest BCUT2D eigenvalue weighted by Gasteiger charge is -2.15. The second kappa shape index (κ2) is 10.3. The molecule has 2 aromatic carbocycles. The molecular weight excluding hydrogens is 469 g/mol. The van der Waals surface area contributed by atoms with Crippen molar-refractivity contribution in [2.75, 3.05) is 38.5 Å². The molecule has 1 amide bonds. The van der Waals surface area contributed by atoms with E-state index in [4.69, 9.17) is 18.9 Å². The van der Waals surface area contributed by atoms with Crippen molar-refractivity contribution >= 4 is 33.4 Å². The number of carbonyl (C=O) groups excluding carboxylic acids is 1. The molecule has 33 heavy (non-hydrogen) atoms. The van der Waals surface area contributed by atoms with E-state index in [1.165, 1.54) is 44.3 Å². The van der Waals surface area contributed by atoms with Crippen molar-refractivity contribution in [2.45, 2.75) is 5.51 Å². The predicted octanol–water partition coefficient (Wildman–Crippen LogP) is 3.63. The van der Waals surface area contributed by atoms with Crippen molar-refractivity contribution in [2.24, 2.45) is 0 Å². The van der Waals surface area contributed by atoms with E-state index >= 15 is 0 Å². The molecule has 0 saturated carbocycles. The summed E-state index contributed by atoms with van der Waals surface area (Å²) in [4.78, 5) is 12.4. The Morgan fingerprint density at radius 2 is 1.48 bits per heavy atom. The van der Waals surface area contributed by atoms with Crippen molar-refractivity contribution in [1.82, 2.24) is 0 Å². The van der Waals surface area contributed by atoms with Crippen LogP contribution in [0, 0.1) is 0 Å². The Labute approximate surface area is 188 Å². The van der Waals surface area contributed by atoms with Crippen LogP contribution in [-0.4, -0.2) is 48.3 Å². The van der Waals surface area contributed by atoms with Crippen LogP contribution in [0.25, 0.3) is 6.08 Å². The fraction of sp³-hybridized carbons (Fsp3) is 0.250. The number of halogens is 3. The summed E-state index contributed by atoms with van der Waals surface area (Å²) in [5.74, 6) is 0.359. The number of anilines is 2. The van der Waals surface area contributed by atoms with Gasteiger partial charge in [0.2, 0.25) is 5.91 Å². The second-order valence-corrected chi connectivity index (χ2v) is 7.91. The molecule has 0 aliphatic carbocycles. The van der Waals surface area contributed by atoms with E-state index in [0.717, 1.165) is 19.3 Å². The standard InChI is InChI=1S/C20H21F3N2O7S/c1-29-13-10-17(31-3)14(18(11-13)32-4)6-8-19(26)24-12-5-7-16(30-2)15(9-12)25-33(27,28)20(21,22)23/h5-11,25H,1-4H3,(H,24,26)/b8-6+. The molecule has 2 rings (SSSR count). The van der Waals surface area contributed by atoms with Crippen LogP contribution in [-0.2, 0) is 14.8 Å². The van der Waals surface area contributed by atoms with E-state index in [-0.39, 0.29) is 11.4 Å². The summed E-state index contributed by atoms with van der Waals surface area (Å²) < 4.78 is 82.9. The first-order chi connectivity index (χ1) is 15.4. The average Bonchev–Trinajstić information content (AvgIpc) is 2.76. The summed E-state index contributed by atoms with van der Waals surface area (Å²) in [6.45, 7) is 0. The number of ether oxygens (including phenoxy) is 4. The van der Waals surface area contributed by atoms with Crippen molar-refractivity contribution in [3.05, 3.63) is 42.0 Å². The number of rotatable bonds is 9. The van der Waals surface area contributed by atoms with Gasteiger partial charge < -0.3 is 24.3 Å². The SMILES string of the molecule is COc1cc(OC)c(/C=C/C(=O)Nc2ccc(OC)c(NS(=O)(=O)C(F)(F)F)c2)c(OC)c1. The van der Waals surface area contributed by atoms with Gasteiger partial charge in [0.1, 0.15) is 23.0 Å². The highest BCUT2D eigenvalue weighted by molar-refractivity contribution is 7.93. The first-order valence-electron chi connectivity index (χ1n) is 9.02. The average molecular weight is 490 g/mol. The van der Waals surface area contributed by atoms with Gasteiger partial charge in [-0.05, 0) is 24.3 Å². The molecule has 0 aliphatic heterocycles. The number of amides is 1. The minimum atomic E-state index is -5.69. The second-order valence-electron chi connectivity index (χ2n) is 6.23. The zero-order valence-corrected chi connectivity index (χ0v) is 18.8. The number of hydrogen-bond acceptors (Lipinski definition) is 7. The number of hydrogen-bond donors (Lipinski definition) is 2. The van der Waals surface area contributed by atoms with Gasteiger partial charge in [0.25, 0.3) is 0 Å². The highest BCUT2D eigenvalue weighted by Gasteiger charge is 2.46. The van der Waals surface area contributed by atoms with Gasteiger partial charge in [0.05, 0.1) is 39.7 Å². The Bertz CT molecular complexity index is 1120. The molecule has 13 heteroatoms. The Kier molecular flexibility index (Phi) is 8.03. The maximum atomic E-state index is 12.7. The lowest BCUT2D eigenvalue weighted by atomic mass is 10.1. The third-order valence-electron chi connectivity index (χ3n) is 4.17. The zero-order chi connectivity index (χ0) is 24.8. The Balaban J connectivity index is 2.29. The smallest absolute Gasteiger partial charge is 0.496 e. The van der Waals surface area contributed by atoms with E-state index in [9.17, 15) is 26.4 Å². The molecule has 0 spiro atoms. The van der Waals surface area contributed by atoms with Gasteiger partial charge in [0.15, 0.2) is 0 Å². The number of carbonyl (C=O) groups is 1. The molecule has 0 unspecified atom stereocenters. The van der Waals surface area contributed by atoms with Crippen molar-refractivity contribution in [1.29, 1.82) is 0 Å². The summed E-state index contributed by atoms with van der Waals surface area (Å²) in [6, 6.07) is 6.68. The Morgan fingerprint density at radius 3 is 1.97 bits per heavy atom. The van der Waals surface area contributed by atoms with E-state index in [1.54, 1.807) is 12.1 Å². The summed E-state index contributed by atoms with van der Waals surface area (Å²) in [7, 11) is -0.227. The number of methoxy groups -OCH3 is 4. The van der Waals surface area contributed by atoms with Crippen LogP contribution in [0.4, 0.5) is 24.5 Å². The van der Waals surface area contributed by atoms with E-state index in [1.807, 2.05) is 0 Å². The lowest BCUT2D eigenvalue weighted by Crippen LogP contribution is -2.30. The molecule has 0 heterocycles. The van der Waals surface area contributed by atoms with Gasteiger partial charge in [-0.1, -0.05) is 0 Å². The van der Waals surface area contributed by atoms with Crippen molar-refractivity contribution in [3.63, 3.8) is 0 Å². The van der Waals surface area contributed by atoms with Crippen LogP contribution in [0.15, 0.2) is 36.4 Å². The van der Waals surface area contributed by atoms with Crippen LogP contribution in [0.1, 0.15) is 5.56 Å². The maximum absolute atomic E-state index is 12.7. The topological polar surface area (TPSA) is 112 Å². The Morgan fingerprint density at radius 1 is 0.909 bits per heavy atom. The minimum absolute atomic E-state index is 0.0129. The lowest BCUT2D eigenvalue weighted by molar-refractivity contribution is -0.111. The van der Waals surface area contributed by atoms with Gasteiger partial charge in [-0.15, -0.1) is 0 Å². The molecule has 9 nitrogen and oxygen atoms in total. The monoisotopic (exact) mass is 490 g/mol. The van der Waals surface area contributed by atoms with E-state index < -0.39 is 27.1 Å². The first-order valence-corrected chi connectivity index (χ1v) is 10.5. The molecule has 2 N–H and O–H groups in total. The highest BCUT2D eigenvalue weighted by atomic mass is 32.2. The van der Waals surface area contributed by atoms with Crippen molar-refractivity contribution in [3.8, 4) is 23.0 Å². The van der Waals surface area contributed by atoms with Crippen LogP contribution >= 0.6 is 0 Å². The van der Waals surface area contributed by atoms with Crippen molar-refractivity contribution < 1.29 is 45.3 Å². The minimum Gasteiger partial charge on any atom is -0.496 e. The number of sulfonamides is 1. The third-order valence-corrected chi connectivity index (χ3v) is 5.27. The predicted molar refractivity (Wildman–Crippen MR) is 115 cm³/mol. The number of benzene rings is 2. The summed E-state index contributed by atoms with van der Waals surface area (Å²) in [5.41, 5.74) is -5.59. The number of nitrogens with one attached hydrogen (secondary N) is 2. The fourth-order valence-electron chi connectivity index (χ4n) is 2.61. The Hall–Kier alpha value is -3.61. The molecule has 0 atom stereocenters. The zero-order valence-electron chi connectivity index (χ0n) is 17.9. The molecule has 2 aromatic rings. The normalized spacial score (nSPS) is 11.7. The third kappa shape index (κ3) is 6.22. The van der Waals surface area contributed by atoms with Gasteiger partial charge in [-0.3, -0.25) is 9.52 Å². The summed E-state index contributed by atoms with van der Waals surface area (Å²) in [5, 5.41) is 2.42. The van der Waals surface area contributed by atoms with Gasteiger partial charge in [0, 0.05) is 23.9 Å². The highest BCUT2D eigenvalue weighted by Crippen LogP contribution is 2.35. The van der Waals surface area contributed by atoms with Crippen LogP contribution in [0.5, 0.6) is 23.0 Å². The van der Waals surface area contributed by atoms with E-state index in [0.29, 0.717) is 22.8 Å². The number of alkyl halides is 3. The fourth-order valence-corrected chi connectivity index (χ4v) is 3.17. The first kappa shape index (κ1) is 25.6. The quantitative estimate of drug-likeness (QED) is 0.516. The largest absolute Gasteiger partial charge is 0.516 e. The van der Waals surface area contributed by atoms with E-state index in [2.05, 4.69) is 5.32 Å². The summed E-state index contributed by atoms with van der Waals surface area (Å²) in [6.07, 6.45) is 2.54. The van der Waals surface area contributed by atoms with Gasteiger partial charge in [-0.25, -0.2) is 0 Å². The van der Waals surface area contributed by atoms with Crippen LogP contribution < -0.4 is 29.0 Å². The van der Waals surface area contributed by atoms with Gasteiger partial charge in [-0.2, -0.15) is 21.6 Å². The van der Waals surface area contributed by atoms with Crippen LogP contribution in [0.2, 0.25) is 0 Å². The molecule has 0 aliphatic rings.